The van der Waals surface area contributed by atoms with Crippen molar-refractivity contribution < 1.29 is 14.6 Å². The van der Waals surface area contributed by atoms with Crippen LogP contribution in [0.1, 0.15) is 11.3 Å². The number of β-amino-alcohol motifs (C(OH)–C–C–N with tert-alkyl or cyclic N) is 1. The summed E-state index contributed by atoms with van der Waals surface area (Å²) >= 11 is 1.39. The number of nitrogens with zero attached hydrogens (tertiary/aromatic N) is 2. The molecule has 17 heavy (non-hydrogen) atoms. The second-order valence-electron chi connectivity index (χ2n) is 4.02. The van der Waals surface area contributed by atoms with Gasteiger partial charge >= 0.3 is 5.97 Å². The summed E-state index contributed by atoms with van der Waals surface area (Å²) in [5.41, 5.74) is 5.55. The summed E-state index contributed by atoms with van der Waals surface area (Å²) in [6.45, 7) is 1.03. The lowest BCUT2D eigenvalue weighted by Crippen LogP contribution is -2.36. The maximum absolute atomic E-state index is 11.6. The average molecular weight is 257 g/mol. The molecule has 1 aliphatic heterocycles. The summed E-state index contributed by atoms with van der Waals surface area (Å²) in [6.07, 6.45) is 1.63. The van der Waals surface area contributed by atoms with Gasteiger partial charge in [-0.1, -0.05) is 0 Å². The predicted octanol–water partition coefficient (Wildman–Crippen LogP) is -0.167. The summed E-state index contributed by atoms with van der Waals surface area (Å²) in [7, 11) is 1.36. The SMILES string of the molecule is COC(=O)[C@@H]1C[C@@H](O)CN1Cc1cnc(N)s1. The van der Waals surface area contributed by atoms with Crippen molar-refractivity contribution in [1.29, 1.82) is 0 Å². The lowest BCUT2D eigenvalue weighted by atomic mass is 10.2. The van der Waals surface area contributed by atoms with Gasteiger partial charge in [0.2, 0.25) is 0 Å². The van der Waals surface area contributed by atoms with Crippen LogP contribution in [0.15, 0.2) is 6.20 Å². The number of ether oxygens (including phenoxy) is 1. The van der Waals surface area contributed by atoms with E-state index in [4.69, 9.17) is 10.5 Å². The van der Waals surface area contributed by atoms with Gasteiger partial charge in [0.25, 0.3) is 0 Å². The number of methoxy groups -OCH3 is 1. The molecule has 0 spiro atoms. The van der Waals surface area contributed by atoms with Gasteiger partial charge in [-0.25, -0.2) is 4.98 Å². The lowest BCUT2D eigenvalue weighted by Gasteiger charge is -2.20. The molecule has 94 valence electrons. The maximum Gasteiger partial charge on any atom is 0.323 e. The van der Waals surface area contributed by atoms with Crippen LogP contribution in [0.5, 0.6) is 0 Å². The van der Waals surface area contributed by atoms with Crippen LogP contribution in [0.4, 0.5) is 5.13 Å². The molecule has 0 saturated carbocycles. The van der Waals surface area contributed by atoms with Gasteiger partial charge < -0.3 is 15.6 Å². The molecular formula is C10H15N3O3S. The summed E-state index contributed by atoms with van der Waals surface area (Å²) in [6, 6.07) is -0.377. The number of aliphatic hydroxyl groups excluding tert-OH is 1. The molecule has 7 heteroatoms. The first-order valence-corrected chi connectivity index (χ1v) is 6.12. The van der Waals surface area contributed by atoms with Crippen molar-refractivity contribution in [1.82, 2.24) is 9.88 Å². The van der Waals surface area contributed by atoms with Crippen LogP contribution in [-0.4, -0.2) is 46.8 Å². The fourth-order valence-electron chi connectivity index (χ4n) is 2.03. The van der Waals surface area contributed by atoms with E-state index < -0.39 is 6.10 Å². The van der Waals surface area contributed by atoms with Crippen molar-refractivity contribution in [3.63, 3.8) is 0 Å². The van der Waals surface area contributed by atoms with Crippen molar-refractivity contribution in [2.24, 2.45) is 0 Å². The van der Waals surface area contributed by atoms with Crippen LogP contribution in [-0.2, 0) is 16.1 Å². The Labute approximate surface area is 103 Å². The second-order valence-corrected chi connectivity index (χ2v) is 5.17. The standard InChI is InChI=1S/C10H15N3O3S/c1-16-9(15)8-2-6(14)4-13(8)5-7-3-12-10(11)17-7/h3,6,8,14H,2,4-5H2,1H3,(H2,11,12)/t6-,8+/m1/s1. The van der Waals surface area contributed by atoms with E-state index in [2.05, 4.69) is 4.98 Å². The molecule has 0 aliphatic carbocycles. The minimum absolute atomic E-state index is 0.306. The van der Waals surface area contributed by atoms with Gasteiger partial charge in [-0.15, -0.1) is 11.3 Å². The Hall–Kier alpha value is -1.18. The third-order valence-electron chi connectivity index (χ3n) is 2.79. The lowest BCUT2D eigenvalue weighted by molar-refractivity contribution is -0.146. The van der Waals surface area contributed by atoms with E-state index in [0.717, 1.165) is 4.88 Å². The Morgan fingerprint density at radius 2 is 2.59 bits per heavy atom. The van der Waals surface area contributed by atoms with Gasteiger partial charge in [-0.3, -0.25) is 9.69 Å². The first-order chi connectivity index (χ1) is 8.10. The first-order valence-electron chi connectivity index (χ1n) is 5.30. The van der Waals surface area contributed by atoms with Gasteiger partial charge in [-0.2, -0.15) is 0 Å². The zero-order valence-corrected chi connectivity index (χ0v) is 10.3. The van der Waals surface area contributed by atoms with Crippen molar-refractivity contribution in [3.8, 4) is 0 Å². The molecule has 6 nitrogen and oxygen atoms in total. The molecule has 0 bridgehead atoms. The molecule has 3 N–H and O–H groups in total. The monoisotopic (exact) mass is 257 g/mol. The number of likely N-dealkylation sites (tertiary alicyclic amines) is 1. The number of hydrogen-bond acceptors (Lipinski definition) is 7. The molecule has 2 atom stereocenters. The highest BCUT2D eigenvalue weighted by atomic mass is 32.1. The molecule has 0 aromatic carbocycles. The minimum atomic E-state index is -0.482. The number of nitrogens with two attached hydrogens (primary N) is 1. The first kappa shape index (κ1) is 12.3. The topological polar surface area (TPSA) is 88.7 Å². The summed E-state index contributed by atoms with van der Waals surface area (Å²) in [4.78, 5) is 18.4. The number of aromatic nitrogens is 1. The Morgan fingerprint density at radius 1 is 1.82 bits per heavy atom. The van der Waals surface area contributed by atoms with E-state index in [1.54, 1.807) is 6.20 Å². The van der Waals surface area contributed by atoms with Crippen molar-refractivity contribution in [2.45, 2.75) is 25.1 Å². The fourth-order valence-corrected chi connectivity index (χ4v) is 2.74. The smallest absolute Gasteiger partial charge is 0.323 e. The van der Waals surface area contributed by atoms with E-state index in [1.807, 2.05) is 4.90 Å². The van der Waals surface area contributed by atoms with Crippen LogP contribution in [0.25, 0.3) is 0 Å². The Morgan fingerprint density at radius 3 is 3.18 bits per heavy atom. The summed E-state index contributed by atoms with van der Waals surface area (Å²) in [5.74, 6) is -0.306. The Kier molecular flexibility index (Phi) is 3.60. The average Bonchev–Trinajstić information content (AvgIpc) is 2.85. The van der Waals surface area contributed by atoms with Gasteiger partial charge in [-0.05, 0) is 0 Å². The molecule has 0 unspecified atom stereocenters. The molecule has 2 rings (SSSR count). The van der Waals surface area contributed by atoms with E-state index in [9.17, 15) is 9.90 Å². The van der Waals surface area contributed by atoms with E-state index in [-0.39, 0.29) is 12.0 Å². The normalized spacial score (nSPS) is 25.1. The number of thiazole rings is 1. The van der Waals surface area contributed by atoms with Crippen LogP contribution in [0, 0.1) is 0 Å². The molecule has 1 fully saturated rings. The molecule has 0 amide bonds. The van der Waals surface area contributed by atoms with Crippen molar-refractivity contribution in [2.75, 3.05) is 19.4 Å². The Bertz CT molecular complexity index is 409. The van der Waals surface area contributed by atoms with E-state index >= 15 is 0 Å². The van der Waals surface area contributed by atoms with E-state index in [0.29, 0.717) is 24.6 Å². The Balaban J connectivity index is 2.05. The molecule has 0 radical (unpaired) electrons. The van der Waals surface area contributed by atoms with Crippen molar-refractivity contribution >= 4 is 22.4 Å². The number of anilines is 1. The number of rotatable bonds is 3. The highest BCUT2D eigenvalue weighted by Gasteiger charge is 2.36. The summed E-state index contributed by atoms with van der Waals surface area (Å²) < 4.78 is 4.73. The third-order valence-corrected chi connectivity index (χ3v) is 3.60. The fraction of sp³-hybridized carbons (Fsp3) is 0.600. The zero-order valence-electron chi connectivity index (χ0n) is 9.50. The minimum Gasteiger partial charge on any atom is -0.468 e. The quantitative estimate of drug-likeness (QED) is 0.731. The molecule has 1 aromatic heterocycles. The van der Waals surface area contributed by atoms with Gasteiger partial charge in [0, 0.05) is 30.6 Å². The van der Waals surface area contributed by atoms with Crippen molar-refractivity contribution in [3.05, 3.63) is 11.1 Å². The predicted molar refractivity (Wildman–Crippen MR) is 63.4 cm³/mol. The highest BCUT2D eigenvalue weighted by Crippen LogP contribution is 2.24. The molecular weight excluding hydrogens is 242 g/mol. The number of nitrogen functional groups attached to an aromatic ring is 1. The number of aliphatic hydroxyl groups is 1. The highest BCUT2D eigenvalue weighted by molar-refractivity contribution is 7.15. The largest absolute Gasteiger partial charge is 0.468 e. The van der Waals surface area contributed by atoms with Crippen LogP contribution in [0.2, 0.25) is 0 Å². The van der Waals surface area contributed by atoms with E-state index in [1.165, 1.54) is 18.4 Å². The molecule has 2 heterocycles. The second kappa shape index (κ2) is 4.99. The zero-order chi connectivity index (χ0) is 12.4. The number of hydrogen-bond donors (Lipinski definition) is 2. The maximum atomic E-state index is 11.6. The molecule has 1 aliphatic rings. The number of esters is 1. The van der Waals surface area contributed by atoms with Gasteiger partial charge in [0.05, 0.1) is 13.2 Å². The van der Waals surface area contributed by atoms with Crippen LogP contribution >= 0.6 is 11.3 Å². The van der Waals surface area contributed by atoms with Gasteiger partial charge in [0.1, 0.15) is 6.04 Å². The van der Waals surface area contributed by atoms with Gasteiger partial charge in [0.15, 0.2) is 5.13 Å². The molecule has 1 aromatic rings. The number of carbonyl (C=O) groups excluding carboxylic acids is 1. The van der Waals surface area contributed by atoms with Crippen LogP contribution in [0.3, 0.4) is 0 Å². The summed E-state index contributed by atoms with van der Waals surface area (Å²) in [5, 5.41) is 10.1. The third kappa shape index (κ3) is 2.74. The number of carbonyl (C=O) groups is 1. The molecule has 1 saturated heterocycles. The van der Waals surface area contributed by atoms with Crippen LogP contribution < -0.4 is 5.73 Å².